The van der Waals surface area contributed by atoms with Gasteiger partial charge in [-0.25, -0.2) is 0 Å². The molecule has 0 saturated carbocycles. The van der Waals surface area contributed by atoms with Gasteiger partial charge in [0.25, 0.3) is 0 Å². The Morgan fingerprint density at radius 2 is 1.69 bits per heavy atom. The van der Waals surface area contributed by atoms with Crippen LogP contribution in [0, 0.1) is 5.92 Å². The van der Waals surface area contributed by atoms with Crippen LogP contribution in [0.1, 0.15) is 12.0 Å². The fourth-order valence-corrected chi connectivity index (χ4v) is 3.53. The fraction of sp³-hybridized carbons (Fsp3) is 0.261. The number of hydrogen-bond acceptors (Lipinski definition) is 3. The second-order valence-electron chi connectivity index (χ2n) is 6.96. The van der Waals surface area contributed by atoms with Crippen LogP contribution in [0.2, 0.25) is 0 Å². The SMILES string of the molecule is c1ccc(CN2CCC(COc3cncc(-c4ccccc4)c3)C2)cc1. The van der Waals surface area contributed by atoms with E-state index >= 15 is 0 Å². The molecule has 0 N–H and O–H groups in total. The van der Waals surface area contributed by atoms with Crippen LogP contribution >= 0.6 is 0 Å². The summed E-state index contributed by atoms with van der Waals surface area (Å²) in [5, 5.41) is 0. The maximum Gasteiger partial charge on any atom is 0.138 e. The zero-order valence-electron chi connectivity index (χ0n) is 14.9. The number of pyridine rings is 1. The van der Waals surface area contributed by atoms with E-state index in [9.17, 15) is 0 Å². The van der Waals surface area contributed by atoms with Crippen molar-refractivity contribution in [1.29, 1.82) is 0 Å². The van der Waals surface area contributed by atoms with Gasteiger partial charge in [-0.05, 0) is 30.2 Å². The first kappa shape index (κ1) is 16.8. The van der Waals surface area contributed by atoms with E-state index in [0.717, 1.165) is 37.6 Å². The van der Waals surface area contributed by atoms with Gasteiger partial charge in [0, 0.05) is 30.8 Å². The molecule has 3 nitrogen and oxygen atoms in total. The third-order valence-electron chi connectivity index (χ3n) is 4.92. The summed E-state index contributed by atoms with van der Waals surface area (Å²) in [4.78, 5) is 6.86. The van der Waals surface area contributed by atoms with E-state index in [2.05, 4.69) is 58.4 Å². The van der Waals surface area contributed by atoms with Gasteiger partial charge in [0.05, 0.1) is 12.8 Å². The highest BCUT2D eigenvalue weighted by atomic mass is 16.5. The Labute approximate surface area is 155 Å². The van der Waals surface area contributed by atoms with Crippen molar-refractivity contribution in [2.45, 2.75) is 13.0 Å². The lowest BCUT2D eigenvalue weighted by molar-refractivity contribution is 0.238. The quantitative estimate of drug-likeness (QED) is 0.651. The van der Waals surface area contributed by atoms with Gasteiger partial charge in [-0.3, -0.25) is 9.88 Å². The van der Waals surface area contributed by atoms with Crippen molar-refractivity contribution >= 4 is 0 Å². The summed E-state index contributed by atoms with van der Waals surface area (Å²) in [7, 11) is 0. The van der Waals surface area contributed by atoms with E-state index in [-0.39, 0.29) is 0 Å². The third kappa shape index (κ3) is 4.30. The van der Waals surface area contributed by atoms with Gasteiger partial charge in [-0.15, -0.1) is 0 Å². The normalized spacial score (nSPS) is 17.3. The smallest absolute Gasteiger partial charge is 0.138 e. The maximum absolute atomic E-state index is 6.06. The molecule has 132 valence electrons. The van der Waals surface area contributed by atoms with Gasteiger partial charge in [-0.1, -0.05) is 60.7 Å². The standard InChI is InChI=1S/C23H24N2O/c1-3-7-19(8-4-1)16-25-12-11-20(17-25)18-26-23-13-22(14-24-15-23)21-9-5-2-6-10-21/h1-10,13-15,20H,11-12,16-18H2. The molecule has 2 aromatic carbocycles. The molecule has 3 aromatic rings. The number of ether oxygens (including phenoxy) is 1. The molecule has 0 radical (unpaired) electrons. The minimum Gasteiger partial charge on any atom is -0.492 e. The monoisotopic (exact) mass is 344 g/mol. The van der Waals surface area contributed by atoms with E-state index in [1.807, 2.05) is 30.6 Å². The highest BCUT2D eigenvalue weighted by Gasteiger charge is 2.23. The summed E-state index contributed by atoms with van der Waals surface area (Å²) in [6, 6.07) is 23.1. The van der Waals surface area contributed by atoms with Crippen molar-refractivity contribution in [3.05, 3.63) is 84.7 Å². The van der Waals surface area contributed by atoms with E-state index in [4.69, 9.17) is 4.74 Å². The molecule has 0 aliphatic carbocycles. The highest BCUT2D eigenvalue weighted by molar-refractivity contribution is 5.63. The highest BCUT2D eigenvalue weighted by Crippen LogP contribution is 2.24. The largest absolute Gasteiger partial charge is 0.492 e. The average Bonchev–Trinajstić information content (AvgIpc) is 3.15. The molecule has 0 bridgehead atoms. The first-order valence-corrected chi connectivity index (χ1v) is 9.26. The van der Waals surface area contributed by atoms with Gasteiger partial charge in [0.2, 0.25) is 0 Å². The van der Waals surface area contributed by atoms with Crippen LogP contribution in [0.25, 0.3) is 11.1 Å². The van der Waals surface area contributed by atoms with Crippen LogP contribution in [-0.2, 0) is 6.54 Å². The molecular weight excluding hydrogens is 320 g/mol. The first-order valence-electron chi connectivity index (χ1n) is 9.26. The Hall–Kier alpha value is -2.65. The number of benzene rings is 2. The zero-order chi connectivity index (χ0) is 17.6. The van der Waals surface area contributed by atoms with Gasteiger partial charge in [0.1, 0.15) is 5.75 Å². The Bertz CT molecular complexity index is 820. The lowest BCUT2D eigenvalue weighted by Gasteiger charge is -2.16. The Morgan fingerprint density at radius 3 is 2.50 bits per heavy atom. The van der Waals surface area contributed by atoms with Gasteiger partial charge < -0.3 is 4.74 Å². The summed E-state index contributed by atoms with van der Waals surface area (Å²) in [6.45, 7) is 4.03. The van der Waals surface area contributed by atoms with Gasteiger partial charge in [-0.2, -0.15) is 0 Å². The van der Waals surface area contributed by atoms with Gasteiger partial charge >= 0.3 is 0 Å². The second-order valence-corrected chi connectivity index (χ2v) is 6.96. The van der Waals surface area contributed by atoms with Crippen molar-refractivity contribution in [3.8, 4) is 16.9 Å². The van der Waals surface area contributed by atoms with Crippen molar-refractivity contribution in [2.24, 2.45) is 5.92 Å². The average molecular weight is 344 g/mol. The zero-order valence-corrected chi connectivity index (χ0v) is 14.9. The number of likely N-dealkylation sites (tertiary alicyclic amines) is 1. The lowest BCUT2D eigenvalue weighted by atomic mass is 10.1. The van der Waals surface area contributed by atoms with Crippen LogP contribution in [0.3, 0.4) is 0 Å². The molecule has 1 fully saturated rings. The molecule has 0 spiro atoms. The Balaban J connectivity index is 1.31. The van der Waals surface area contributed by atoms with Crippen molar-refractivity contribution in [1.82, 2.24) is 9.88 Å². The molecule has 1 atom stereocenters. The van der Waals surface area contributed by atoms with Crippen molar-refractivity contribution in [2.75, 3.05) is 19.7 Å². The van der Waals surface area contributed by atoms with E-state index < -0.39 is 0 Å². The summed E-state index contributed by atoms with van der Waals surface area (Å²) in [6.07, 6.45) is 4.89. The van der Waals surface area contributed by atoms with Crippen molar-refractivity contribution in [3.63, 3.8) is 0 Å². The lowest BCUT2D eigenvalue weighted by Crippen LogP contribution is -2.22. The molecule has 1 unspecified atom stereocenters. The number of aromatic nitrogens is 1. The Morgan fingerprint density at radius 1 is 0.923 bits per heavy atom. The molecule has 2 heterocycles. The van der Waals surface area contributed by atoms with E-state index in [1.165, 1.54) is 17.5 Å². The molecule has 1 aliphatic heterocycles. The third-order valence-corrected chi connectivity index (χ3v) is 4.92. The summed E-state index contributed by atoms with van der Waals surface area (Å²) < 4.78 is 6.06. The predicted molar refractivity (Wildman–Crippen MR) is 105 cm³/mol. The van der Waals surface area contributed by atoms with Crippen LogP contribution in [0.5, 0.6) is 5.75 Å². The van der Waals surface area contributed by atoms with Crippen LogP contribution in [0.15, 0.2) is 79.1 Å². The topological polar surface area (TPSA) is 25.4 Å². The van der Waals surface area contributed by atoms with E-state index in [0.29, 0.717) is 5.92 Å². The first-order chi connectivity index (χ1) is 12.9. The molecule has 4 rings (SSSR count). The van der Waals surface area contributed by atoms with Gasteiger partial charge in [0.15, 0.2) is 0 Å². The Kier molecular flexibility index (Phi) is 5.27. The molecular formula is C23H24N2O. The number of nitrogens with zero attached hydrogens (tertiary/aromatic N) is 2. The van der Waals surface area contributed by atoms with E-state index in [1.54, 1.807) is 0 Å². The molecule has 1 aliphatic rings. The summed E-state index contributed by atoms with van der Waals surface area (Å²) in [5.41, 5.74) is 3.65. The molecule has 3 heteroatoms. The summed E-state index contributed by atoms with van der Waals surface area (Å²) >= 11 is 0. The van der Waals surface area contributed by atoms with Crippen molar-refractivity contribution < 1.29 is 4.74 Å². The minimum absolute atomic E-state index is 0.582. The predicted octanol–water partition coefficient (Wildman–Crippen LogP) is 4.65. The number of rotatable bonds is 6. The number of hydrogen-bond donors (Lipinski definition) is 0. The van der Waals surface area contributed by atoms with Crippen LogP contribution in [-0.4, -0.2) is 29.6 Å². The summed E-state index contributed by atoms with van der Waals surface area (Å²) in [5.74, 6) is 1.44. The fourth-order valence-electron chi connectivity index (χ4n) is 3.53. The molecule has 1 saturated heterocycles. The minimum atomic E-state index is 0.582. The van der Waals surface area contributed by atoms with Crippen LogP contribution in [0.4, 0.5) is 0 Å². The molecule has 26 heavy (non-hydrogen) atoms. The molecule has 1 aromatic heterocycles. The molecule has 0 amide bonds. The maximum atomic E-state index is 6.06. The second kappa shape index (κ2) is 8.15. The van der Waals surface area contributed by atoms with Crippen LogP contribution < -0.4 is 4.74 Å².